The number of nitrogens with zero attached hydrogens (tertiary/aromatic N) is 3. The summed E-state index contributed by atoms with van der Waals surface area (Å²) in [7, 11) is 0. The summed E-state index contributed by atoms with van der Waals surface area (Å²) in [5.41, 5.74) is 1.94. The first-order valence-corrected chi connectivity index (χ1v) is 9.87. The normalized spacial score (nSPS) is 11.2. The van der Waals surface area contributed by atoms with Crippen LogP contribution in [-0.2, 0) is 12.8 Å². The summed E-state index contributed by atoms with van der Waals surface area (Å²) in [5, 5.41) is 12.9. The quantitative estimate of drug-likeness (QED) is 0.339. The summed E-state index contributed by atoms with van der Waals surface area (Å²) in [5.74, 6) is 0.489. The van der Waals surface area contributed by atoms with Gasteiger partial charge in [0.25, 0.3) is 0 Å². The third-order valence-corrected chi connectivity index (χ3v) is 5.06. The first-order chi connectivity index (χ1) is 15.3. The van der Waals surface area contributed by atoms with Gasteiger partial charge in [0, 0.05) is 0 Å². The molecule has 0 radical (unpaired) electrons. The summed E-state index contributed by atoms with van der Waals surface area (Å²) in [6, 6.07) is 23.8. The Morgan fingerprint density at radius 1 is 0.938 bits per heavy atom. The molecule has 160 valence electrons. The summed E-state index contributed by atoms with van der Waals surface area (Å²) in [6.07, 6.45) is -4.59. The van der Waals surface area contributed by atoms with E-state index in [-0.39, 0.29) is 17.3 Å². The van der Waals surface area contributed by atoms with E-state index in [0.717, 1.165) is 21.9 Å². The van der Waals surface area contributed by atoms with E-state index in [9.17, 15) is 13.2 Å². The highest BCUT2D eigenvalue weighted by Crippen LogP contribution is 2.31. The molecule has 8 heteroatoms. The molecule has 0 amide bonds. The number of rotatable bonds is 5. The van der Waals surface area contributed by atoms with Gasteiger partial charge in [0.2, 0.25) is 0 Å². The summed E-state index contributed by atoms with van der Waals surface area (Å²) >= 11 is 6.17. The van der Waals surface area contributed by atoms with Crippen LogP contribution >= 0.6 is 11.6 Å². The van der Waals surface area contributed by atoms with Crippen LogP contribution in [-0.4, -0.2) is 9.78 Å². The lowest BCUT2D eigenvalue weighted by Crippen LogP contribution is -2.08. The van der Waals surface area contributed by atoms with Gasteiger partial charge in [-0.2, -0.15) is 23.5 Å². The van der Waals surface area contributed by atoms with Crippen LogP contribution in [0.3, 0.4) is 0 Å². The third kappa shape index (κ3) is 4.61. The maximum Gasteiger partial charge on any atom is 0.435 e. The Balaban J connectivity index is 1.56. The highest BCUT2D eigenvalue weighted by molar-refractivity contribution is 6.32. The van der Waals surface area contributed by atoms with Gasteiger partial charge in [0.15, 0.2) is 5.69 Å². The molecule has 3 aromatic carbocycles. The van der Waals surface area contributed by atoms with Crippen molar-refractivity contribution in [2.45, 2.75) is 12.8 Å². The largest absolute Gasteiger partial charge is 0.487 e. The molecule has 0 spiro atoms. The second-order valence-corrected chi connectivity index (χ2v) is 7.29. The maximum absolute atomic E-state index is 13.2. The monoisotopic (exact) mass is 453 g/mol. The minimum atomic E-state index is -4.59. The van der Waals surface area contributed by atoms with Crippen molar-refractivity contribution in [3.05, 3.63) is 101 Å². The molecule has 1 aromatic heterocycles. The molecule has 4 rings (SSSR count). The predicted molar refractivity (Wildman–Crippen MR) is 115 cm³/mol. The molecule has 4 nitrogen and oxygen atoms in total. The first-order valence-electron chi connectivity index (χ1n) is 9.49. The molecule has 0 saturated carbocycles. The van der Waals surface area contributed by atoms with E-state index >= 15 is 0 Å². The topological polar surface area (TPSA) is 50.8 Å². The number of hydrogen-bond donors (Lipinski definition) is 0. The number of nitriles is 1. The zero-order chi connectivity index (χ0) is 22.7. The van der Waals surface area contributed by atoms with E-state index in [1.165, 1.54) is 0 Å². The SMILES string of the molecule is N#Cc1ccc(-c2ccc(OCc3cc(C(F)(F)F)nn3-c3ccccc3Cl)cc2)cc1. The van der Waals surface area contributed by atoms with Crippen LogP contribution in [0.1, 0.15) is 17.0 Å². The van der Waals surface area contributed by atoms with Gasteiger partial charge in [-0.15, -0.1) is 0 Å². The Hall–Kier alpha value is -3.76. The van der Waals surface area contributed by atoms with Gasteiger partial charge in [-0.05, 0) is 53.6 Å². The molecule has 0 atom stereocenters. The number of aromatic nitrogens is 2. The van der Waals surface area contributed by atoms with E-state index < -0.39 is 11.9 Å². The average Bonchev–Trinajstić information content (AvgIpc) is 3.23. The molecule has 0 N–H and O–H groups in total. The van der Waals surface area contributed by atoms with Gasteiger partial charge in [-0.25, -0.2) is 4.68 Å². The van der Waals surface area contributed by atoms with Gasteiger partial charge in [0.1, 0.15) is 12.4 Å². The molecular weight excluding hydrogens is 439 g/mol. The molecule has 4 aromatic rings. The number of ether oxygens (including phenoxy) is 1. The second-order valence-electron chi connectivity index (χ2n) is 6.88. The molecule has 0 bridgehead atoms. The second kappa shape index (κ2) is 8.77. The first kappa shape index (κ1) is 21.5. The van der Waals surface area contributed by atoms with Crippen LogP contribution < -0.4 is 4.74 Å². The standard InChI is InChI=1S/C24H15ClF3N3O/c25-21-3-1-2-4-22(21)31-19(13-23(30-31)24(26,27)28)15-32-20-11-9-18(10-12-20)17-7-5-16(14-29)6-8-17/h1-13H,15H2. The van der Waals surface area contributed by atoms with Crippen LogP contribution in [0.4, 0.5) is 13.2 Å². The smallest absolute Gasteiger partial charge is 0.435 e. The fourth-order valence-corrected chi connectivity index (χ4v) is 3.35. The van der Waals surface area contributed by atoms with Crippen LogP contribution in [0, 0.1) is 11.3 Å². The minimum Gasteiger partial charge on any atom is -0.487 e. The molecule has 0 aliphatic carbocycles. The summed E-state index contributed by atoms with van der Waals surface area (Å²) in [6.45, 7) is -0.134. The van der Waals surface area contributed by atoms with Crippen molar-refractivity contribution in [3.63, 3.8) is 0 Å². The lowest BCUT2D eigenvalue weighted by Gasteiger charge is -2.11. The Labute approximate surface area is 187 Å². The van der Waals surface area contributed by atoms with Gasteiger partial charge in [-0.1, -0.05) is 48.0 Å². The van der Waals surface area contributed by atoms with Crippen LogP contribution in [0.25, 0.3) is 16.8 Å². The van der Waals surface area contributed by atoms with Gasteiger partial charge < -0.3 is 4.74 Å². The third-order valence-electron chi connectivity index (χ3n) is 4.74. The molecule has 0 fully saturated rings. The zero-order valence-electron chi connectivity index (χ0n) is 16.5. The van der Waals surface area contributed by atoms with Crippen LogP contribution in [0.5, 0.6) is 5.75 Å². The molecule has 32 heavy (non-hydrogen) atoms. The van der Waals surface area contributed by atoms with Crippen molar-refractivity contribution in [2.75, 3.05) is 0 Å². The minimum absolute atomic E-state index is 0.134. The fourth-order valence-electron chi connectivity index (χ4n) is 3.13. The Morgan fingerprint density at radius 3 is 2.16 bits per heavy atom. The van der Waals surface area contributed by atoms with Crippen molar-refractivity contribution in [1.82, 2.24) is 9.78 Å². The highest BCUT2D eigenvalue weighted by atomic mass is 35.5. The van der Waals surface area contributed by atoms with Gasteiger partial charge >= 0.3 is 6.18 Å². The number of halogens is 4. The van der Waals surface area contributed by atoms with E-state index in [0.29, 0.717) is 17.0 Å². The lowest BCUT2D eigenvalue weighted by atomic mass is 10.0. The van der Waals surface area contributed by atoms with E-state index in [1.807, 2.05) is 24.3 Å². The highest BCUT2D eigenvalue weighted by Gasteiger charge is 2.35. The number of para-hydroxylation sites is 1. The van der Waals surface area contributed by atoms with E-state index in [1.54, 1.807) is 48.5 Å². The molecule has 0 aliphatic rings. The Morgan fingerprint density at radius 2 is 1.56 bits per heavy atom. The molecule has 0 aliphatic heterocycles. The maximum atomic E-state index is 13.2. The predicted octanol–water partition coefficient (Wildman–Crippen LogP) is 6.66. The lowest BCUT2D eigenvalue weighted by molar-refractivity contribution is -0.141. The average molecular weight is 454 g/mol. The molecule has 0 unspecified atom stereocenters. The molecular formula is C24H15ClF3N3O. The van der Waals surface area contributed by atoms with Gasteiger partial charge in [-0.3, -0.25) is 0 Å². The van der Waals surface area contributed by atoms with Crippen molar-refractivity contribution in [3.8, 4) is 28.6 Å². The summed E-state index contributed by atoms with van der Waals surface area (Å²) < 4.78 is 46.6. The molecule has 1 heterocycles. The number of alkyl halides is 3. The van der Waals surface area contributed by atoms with Crippen molar-refractivity contribution < 1.29 is 17.9 Å². The van der Waals surface area contributed by atoms with Crippen molar-refractivity contribution >= 4 is 11.6 Å². The summed E-state index contributed by atoms with van der Waals surface area (Å²) in [4.78, 5) is 0. The fraction of sp³-hybridized carbons (Fsp3) is 0.0833. The Kier molecular flexibility index (Phi) is 5.89. The van der Waals surface area contributed by atoms with E-state index in [4.69, 9.17) is 21.6 Å². The number of benzene rings is 3. The Bertz CT molecular complexity index is 1270. The van der Waals surface area contributed by atoms with Gasteiger partial charge in [0.05, 0.1) is 28.0 Å². The van der Waals surface area contributed by atoms with Crippen molar-refractivity contribution in [1.29, 1.82) is 5.26 Å². The van der Waals surface area contributed by atoms with Crippen LogP contribution in [0.2, 0.25) is 5.02 Å². The van der Waals surface area contributed by atoms with E-state index in [2.05, 4.69) is 11.2 Å². The van der Waals surface area contributed by atoms with Crippen molar-refractivity contribution in [2.24, 2.45) is 0 Å². The van der Waals surface area contributed by atoms with Crippen LogP contribution in [0.15, 0.2) is 78.9 Å². The molecule has 0 saturated heterocycles. The number of hydrogen-bond acceptors (Lipinski definition) is 3. The zero-order valence-corrected chi connectivity index (χ0v) is 17.2.